The number of alkyl halides is 1. The molecule has 0 aliphatic carbocycles. The van der Waals surface area contributed by atoms with Crippen LogP contribution in [0.3, 0.4) is 0 Å². The molecule has 0 saturated heterocycles. The lowest BCUT2D eigenvalue weighted by Gasteiger charge is -2.04. The van der Waals surface area contributed by atoms with Gasteiger partial charge in [-0.25, -0.2) is 9.18 Å². The van der Waals surface area contributed by atoms with E-state index in [1.54, 1.807) is 0 Å². The second-order valence-electron chi connectivity index (χ2n) is 2.15. The van der Waals surface area contributed by atoms with E-state index in [0.29, 0.717) is 19.8 Å². The molecule has 0 aromatic carbocycles. The molecular weight excluding hydrogens is 181 g/mol. The number of nitrogens with one attached hydrogen (secondary N) is 1. The van der Waals surface area contributed by atoms with Crippen LogP contribution in [-0.2, 0) is 9.47 Å². The van der Waals surface area contributed by atoms with Crippen molar-refractivity contribution in [1.82, 2.24) is 5.32 Å². The van der Waals surface area contributed by atoms with Crippen molar-refractivity contribution < 1.29 is 23.8 Å². The van der Waals surface area contributed by atoms with Crippen molar-refractivity contribution in [2.45, 2.75) is 0 Å². The van der Waals surface area contributed by atoms with Crippen LogP contribution >= 0.6 is 0 Å². The molecule has 2 N–H and O–H groups in total. The van der Waals surface area contributed by atoms with Crippen LogP contribution in [-0.4, -0.2) is 50.8 Å². The monoisotopic (exact) mass is 195 g/mol. The number of hydrogen-bond donors (Lipinski definition) is 2. The summed E-state index contributed by atoms with van der Waals surface area (Å²) < 4.78 is 21.2. The average molecular weight is 195 g/mol. The van der Waals surface area contributed by atoms with Gasteiger partial charge in [-0.05, 0) is 0 Å². The first-order chi connectivity index (χ1) is 6.27. The molecule has 0 radical (unpaired) electrons. The largest absolute Gasteiger partial charge is 0.465 e. The van der Waals surface area contributed by atoms with Crippen molar-refractivity contribution in [1.29, 1.82) is 0 Å². The summed E-state index contributed by atoms with van der Waals surface area (Å²) in [6.45, 7) is 0.805. The summed E-state index contributed by atoms with van der Waals surface area (Å²) in [4.78, 5) is 9.94. The van der Waals surface area contributed by atoms with Gasteiger partial charge < -0.3 is 19.9 Å². The Balaban J connectivity index is 2.87. The summed E-state index contributed by atoms with van der Waals surface area (Å²) in [5.74, 6) is 0. The highest BCUT2D eigenvalue weighted by Gasteiger charge is 1.93. The van der Waals surface area contributed by atoms with Gasteiger partial charge in [0.1, 0.15) is 6.67 Å². The van der Waals surface area contributed by atoms with Crippen LogP contribution < -0.4 is 5.32 Å². The van der Waals surface area contributed by atoms with Gasteiger partial charge >= 0.3 is 6.09 Å². The molecule has 0 aliphatic heterocycles. The molecular formula is C7H14FNO4. The third kappa shape index (κ3) is 11.1. The van der Waals surface area contributed by atoms with Gasteiger partial charge in [0.25, 0.3) is 0 Å². The van der Waals surface area contributed by atoms with Crippen LogP contribution in [0.15, 0.2) is 0 Å². The molecule has 0 atom stereocenters. The first-order valence-corrected chi connectivity index (χ1v) is 3.95. The lowest BCUT2D eigenvalue weighted by Crippen LogP contribution is -2.25. The molecule has 0 bridgehead atoms. The molecule has 0 heterocycles. The Labute approximate surface area is 75.8 Å². The lowest BCUT2D eigenvalue weighted by molar-refractivity contribution is 0.0439. The second-order valence-corrected chi connectivity index (χ2v) is 2.15. The minimum absolute atomic E-state index is 0.0801. The van der Waals surface area contributed by atoms with Crippen molar-refractivity contribution in [3.63, 3.8) is 0 Å². The van der Waals surface area contributed by atoms with Crippen molar-refractivity contribution >= 4 is 6.09 Å². The highest BCUT2D eigenvalue weighted by atomic mass is 19.1. The molecule has 0 aliphatic rings. The van der Waals surface area contributed by atoms with Gasteiger partial charge in [0.2, 0.25) is 0 Å². The van der Waals surface area contributed by atoms with E-state index in [2.05, 4.69) is 5.32 Å². The fraction of sp³-hybridized carbons (Fsp3) is 0.857. The molecule has 13 heavy (non-hydrogen) atoms. The molecule has 0 aromatic heterocycles. The van der Waals surface area contributed by atoms with Crippen LogP contribution in [0.2, 0.25) is 0 Å². The third-order valence-electron chi connectivity index (χ3n) is 1.12. The Kier molecular flexibility index (Phi) is 8.59. The smallest absolute Gasteiger partial charge is 0.404 e. The first kappa shape index (κ1) is 12.1. The molecule has 5 nitrogen and oxygen atoms in total. The Morgan fingerprint density at radius 3 is 2.38 bits per heavy atom. The van der Waals surface area contributed by atoms with Crippen molar-refractivity contribution in [2.24, 2.45) is 0 Å². The maximum atomic E-state index is 11.5. The maximum Gasteiger partial charge on any atom is 0.404 e. The van der Waals surface area contributed by atoms with Crippen LogP contribution in [0.5, 0.6) is 0 Å². The van der Waals surface area contributed by atoms with Gasteiger partial charge in [-0.15, -0.1) is 0 Å². The zero-order valence-corrected chi connectivity index (χ0v) is 7.29. The highest BCUT2D eigenvalue weighted by Crippen LogP contribution is 1.78. The summed E-state index contributed by atoms with van der Waals surface area (Å²) in [6, 6.07) is 0. The Morgan fingerprint density at radius 1 is 1.23 bits per heavy atom. The summed E-state index contributed by atoms with van der Waals surface area (Å²) in [6.07, 6.45) is -1.07. The Bertz CT molecular complexity index is 134. The Morgan fingerprint density at radius 2 is 1.85 bits per heavy atom. The molecule has 1 amide bonds. The molecule has 6 heteroatoms. The molecule has 0 aromatic rings. The number of rotatable bonds is 8. The van der Waals surface area contributed by atoms with E-state index in [4.69, 9.17) is 14.6 Å². The minimum Gasteiger partial charge on any atom is -0.465 e. The highest BCUT2D eigenvalue weighted by molar-refractivity contribution is 5.64. The van der Waals surface area contributed by atoms with E-state index < -0.39 is 12.8 Å². The van der Waals surface area contributed by atoms with E-state index in [0.717, 1.165) is 0 Å². The van der Waals surface area contributed by atoms with Crippen LogP contribution in [0.25, 0.3) is 0 Å². The number of halogens is 1. The van der Waals surface area contributed by atoms with Crippen molar-refractivity contribution in [3.8, 4) is 0 Å². The molecule has 0 spiro atoms. The number of ether oxygens (including phenoxy) is 2. The van der Waals surface area contributed by atoms with Crippen molar-refractivity contribution in [2.75, 3.05) is 39.6 Å². The van der Waals surface area contributed by atoms with E-state index in [1.807, 2.05) is 0 Å². The normalized spacial score (nSPS) is 9.92. The fourth-order valence-electron chi connectivity index (χ4n) is 0.607. The number of carboxylic acid groups (broad SMARTS) is 1. The quantitative estimate of drug-likeness (QED) is 0.545. The second kappa shape index (κ2) is 9.21. The van der Waals surface area contributed by atoms with E-state index >= 15 is 0 Å². The molecule has 0 fully saturated rings. The maximum absolute atomic E-state index is 11.5. The zero-order valence-electron chi connectivity index (χ0n) is 7.29. The van der Waals surface area contributed by atoms with Crippen LogP contribution in [0.1, 0.15) is 0 Å². The average Bonchev–Trinajstić information content (AvgIpc) is 2.09. The van der Waals surface area contributed by atoms with Gasteiger partial charge in [-0.3, -0.25) is 0 Å². The van der Waals surface area contributed by atoms with Gasteiger partial charge in [-0.2, -0.15) is 0 Å². The lowest BCUT2D eigenvalue weighted by atomic mass is 10.6. The fourth-order valence-corrected chi connectivity index (χ4v) is 0.607. The van der Waals surface area contributed by atoms with Crippen molar-refractivity contribution in [3.05, 3.63) is 0 Å². The summed E-state index contributed by atoms with van der Waals surface area (Å²) in [5.41, 5.74) is 0. The number of amides is 1. The van der Waals surface area contributed by atoms with E-state index in [9.17, 15) is 9.18 Å². The minimum atomic E-state index is -1.07. The summed E-state index contributed by atoms with van der Waals surface area (Å²) in [5, 5.41) is 10.3. The van der Waals surface area contributed by atoms with Gasteiger partial charge in [-0.1, -0.05) is 0 Å². The predicted octanol–water partition coefficient (Wildman–Crippen LogP) is 0.257. The van der Waals surface area contributed by atoms with E-state index in [-0.39, 0.29) is 13.2 Å². The predicted molar refractivity (Wildman–Crippen MR) is 43.6 cm³/mol. The number of carbonyl (C=O) groups is 1. The molecule has 0 saturated carbocycles. The zero-order chi connectivity index (χ0) is 9.94. The molecule has 0 unspecified atom stereocenters. The molecule has 78 valence electrons. The standard InChI is InChI=1S/C7H14FNO4/c8-1-3-12-5-6-13-4-2-9-7(10)11/h9H,1-6H2,(H,10,11). The van der Waals surface area contributed by atoms with Gasteiger partial charge in [0.05, 0.1) is 26.4 Å². The Hall–Kier alpha value is -0.880. The third-order valence-corrected chi connectivity index (χ3v) is 1.12. The van der Waals surface area contributed by atoms with Gasteiger partial charge in [0.15, 0.2) is 0 Å². The summed E-state index contributed by atoms with van der Waals surface area (Å²) in [7, 11) is 0. The van der Waals surface area contributed by atoms with Crippen LogP contribution in [0, 0.1) is 0 Å². The first-order valence-electron chi connectivity index (χ1n) is 3.95. The van der Waals surface area contributed by atoms with Crippen LogP contribution in [0.4, 0.5) is 9.18 Å². The summed E-state index contributed by atoms with van der Waals surface area (Å²) >= 11 is 0. The number of hydrogen-bond acceptors (Lipinski definition) is 3. The van der Waals surface area contributed by atoms with Gasteiger partial charge in [0, 0.05) is 6.54 Å². The molecule has 0 rings (SSSR count). The SMILES string of the molecule is O=C(O)NCCOCCOCCF. The topological polar surface area (TPSA) is 67.8 Å². The van der Waals surface area contributed by atoms with E-state index in [1.165, 1.54) is 0 Å².